The lowest BCUT2D eigenvalue weighted by atomic mass is 10.2. The number of carbonyl (C=O) groups is 1. The van der Waals surface area contributed by atoms with Gasteiger partial charge in [-0.2, -0.15) is 5.10 Å². The predicted octanol–water partition coefficient (Wildman–Crippen LogP) is 3.35. The zero-order valence-corrected chi connectivity index (χ0v) is 14.2. The van der Waals surface area contributed by atoms with Gasteiger partial charge >= 0.3 is 6.09 Å². The van der Waals surface area contributed by atoms with Gasteiger partial charge in [0.05, 0.1) is 29.5 Å². The van der Waals surface area contributed by atoms with Crippen LogP contribution in [0.3, 0.4) is 0 Å². The van der Waals surface area contributed by atoms with E-state index in [0.29, 0.717) is 30.4 Å². The lowest BCUT2D eigenvalue weighted by Crippen LogP contribution is -2.41. The number of ether oxygens (including phenoxy) is 1. The maximum atomic E-state index is 12.2. The average molecular weight is 335 g/mol. The zero-order chi connectivity index (χ0) is 16.6. The van der Waals surface area contributed by atoms with Gasteiger partial charge in [0.1, 0.15) is 11.3 Å². The summed E-state index contributed by atoms with van der Waals surface area (Å²) in [5.41, 5.74) is 1.67. The highest BCUT2D eigenvalue weighted by Gasteiger charge is 2.29. The van der Waals surface area contributed by atoms with E-state index >= 15 is 0 Å². The molecule has 2 aromatic heterocycles. The van der Waals surface area contributed by atoms with Gasteiger partial charge in [-0.1, -0.05) is 17.7 Å². The van der Waals surface area contributed by atoms with Crippen LogP contribution >= 0.6 is 11.6 Å². The van der Waals surface area contributed by atoms with Gasteiger partial charge in [-0.15, -0.1) is 0 Å². The fraction of sp³-hybridized carbons (Fsp3) is 0.438. The third-order valence-corrected chi connectivity index (χ3v) is 3.87. The Morgan fingerprint density at radius 1 is 1.30 bits per heavy atom. The van der Waals surface area contributed by atoms with E-state index in [1.54, 1.807) is 11.1 Å². The van der Waals surface area contributed by atoms with E-state index in [2.05, 4.69) is 10.1 Å². The van der Waals surface area contributed by atoms with E-state index in [1.165, 1.54) is 0 Å². The van der Waals surface area contributed by atoms with Crippen LogP contribution in [0.2, 0.25) is 5.02 Å². The van der Waals surface area contributed by atoms with Crippen LogP contribution in [0.4, 0.5) is 4.79 Å². The van der Waals surface area contributed by atoms with E-state index in [1.807, 2.05) is 43.7 Å². The Kier molecular flexibility index (Phi) is 4.02. The van der Waals surface area contributed by atoms with Crippen molar-refractivity contribution in [3.05, 3.63) is 35.1 Å². The highest BCUT2D eigenvalue weighted by atomic mass is 35.5. The largest absolute Gasteiger partial charge is 0.444 e. The number of carbonyl (C=O) groups excluding carboxylic acids is 1. The molecule has 0 radical (unpaired) electrons. The fourth-order valence-electron chi connectivity index (χ4n) is 2.44. The molecule has 0 bridgehead atoms. The smallest absolute Gasteiger partial charge is 0.410 e. The van der Waals surface area contributed by atoms with Gasteiger partial charge in [-0.05, 0) is 32.9 Å². The van der Waals surface area contributed by atoms with Gasteiger partial charge in [0.15, 0.2) is 0 Å². The molecule has 6 nitrogen and oxygen atoms in total. The highest BCUT2D eigenvalue weighted by Crippen LogP contribution is 2.31. The summed E-state index contributed by atoms with van der Waals surface area (Å²) in [6.45, 7) is 7.07. The molecule has 0 N–H and O–H groups in total. The van der Waals surface area contributed by atoms with Gasteiger partial charge in [0, 0.05) is 12.7 Å². The molecule has 3 heterocycles. The summed E-state index contributed by atoms with van der Waals surface area (Å²) in [6, 6.07) is 5.60. The Balaban J connectivity index is 1.84. The monoisotopic (exact) mass is 334 g/mol. The van der Waals surface area contributed by atoms with Crippen LogP contribution in [0, 0.1) is 0 Å². The number of fused-ring (bicyclic) bond motifs is 1. The first kappa shape index (κ1) is 15.8. The zero-order valence-electron chi connectivity index (χ0n) is 13.4. The molecule has 0 saturated heterocycles. The molecule has 0 aromatic carbocycles. The Labute approximate surface area is 140 Å². The van der Waals surface area contributed by atoms with Crippen molar-refractivity contribution in [2.24, 2.45) is 0 Å². The van der Waals surface area contributed by atoms with Crippen LogP contribution < -0.4 is 0 Å². The standard InChI is InChI=1S/C16H19ClN4O2/c1-16(2,3)23-15(22)20-8-9-21-12(10-20)13(17)14(19-21)11-6-4-5-7-18-11/h4-7H,8-10H2,1-3H3. The second-order valence-electron chi connectivity index (χ2n) is 6.45. The molecule has 1 aliphatic rings. The Morgan fingerprint density at radius 3 is 2.74 bits per heavy atom. The van der Waals surface area contributed by atoms with Crippen molar-refractivity contribution in [2.75, 3.05) is 6.54 Å². The minimum atomic E-state index is -0.516. The van der Waals surface area contributed by atoms with E-state index in [0.717, 1.165) is 11.4 Å². The fourth-order valence-corrected chi connectivity index (χ4v) is 2.73. The molecule has 0 unspecified atom stereocenters. The number of halogens is 1. The summed E-state index contributed by atoms with van der Waals surface area (Å²) in [6.07, 6.45) is 1.37. The molecule has 0 spiro atoms. The average Bonchev–Trinajstić information content (AvgIpc) is 2.83. The molecule has 1 aliphatic heterocycles. The van der Waals surface area contributed by atoms with Gasteiger partial charge < -0.3 is 9.64 Å². The first-order valence-electron chi connectivity index (χ1n) is 7.49. The second kappa shape index (κ2) is 5.85. The molecular formula is C16H19ClN4O2. The van der Waals surface area contributed by atoms with E-state index in [4.69, 9.17) is 16.3 Å². The van der Waals surface area contributed by atoms with E-state index in [9.17, 15) is 4.79 Å². The summed E-state index contributed by atoms with van der Waals surface area (Å²) < 4.78 is 7.27. The molecule has 7 heteroatoms. The second-order valence-corrected chi connectivity index (χ2v) is 6.83. The Hall–Kier alpha value is -2.08. The molecule has 1 amide bonds. The Bertz CT molecular complexity index is 722. The third-order valence-electron chi connectivity index (χ3n) is 3.48. The number of hydrogen-bond acceptors (Lipinski definition) is 4. The van der Waals surface area contributed by atoms with Gasteiger partial charge in [-0.25, -0.2) is 4.79 Å². The SMILES string of the molecule is CC(C)(C)OC(=O)N1CCn2nc(-c3ccccn3)c(Cl)c2C1. The summed E-state index contributed by atoms with van der Waals surface area (Å²) in [7, 11) is 0. The molecule has 122 valence electrons. The quantitative estimate of drug-likeness (QED) is 0.802. The molecule has 0 atom stereocenters. The number of aromatic nitrogens is 3. The van der Waals surface area contributed by atoms with Crippen LogP contribution in [0.15, 0.2) is 24.4 Å². The lowest BCUT2D eigenvalue weighted by Gasteiger charge is -2.30. The number of nitrogens with zero attached hydrogens (tertiary/aromatic N) is 4. The molecule has 2 aromatic rings. The van der Waals surface area contributed by atoms with Crippen LogP contribution in [0.1, 0.15) is 26.5 Å². The highest BCUT2D eigenvalue weighted by molar-refractivity contribution is 6.33. The van der Waals surface area contributed by atoms with Gasteiger partial charge in [-0.3, -0.25) is 9.67 Å². The first-order chi connectivity index (χ1) is 10.8. The van der Waals surface area contributed by atoms with Gasteiger partial charge in [0.2, 0.25) is 0 Å². The maximum absolute atomic E-state index is 12.2. The van der Waals surface area contributed by atoms with Crippen LogP contribution in [0.5, 0.6) is 0 Å². The van der Waals surface area contributed by atoms with E-state index in [-0.39, 0.29) is 6.09 Å². The topological polar surface area (TPSA) is 60.2 Å². The maximum Gasteiger partial charge on any atom is 0.410 e. The third kappa shape index (κ3) is 3.32. The van der Waals surface area contributed by atoms with Crippen LogP contribution in [0.25, 0.3) is 11.4 Å². The Morgan fingerprint density at radius 2 is 2.09 bits per heavy atom. The van der Waals surface area contributed by atoms with Crippen molar-refractivity contribution >= 4 is 17.7 Å². The van der Waals surface area contributed by atoms with Crippen LogP contribution in [-0.2, 0) is 17.8 Å². The van der Waals surface area contributed by atoms with Crippen molar-refractivity contribution in [3.8, 4) is 11.4 Å². The number of hydrogen-bond donors (Lipinski definition) is 0. The summed E-state index contributed by atoms with van der Waals surface area (Å²) in [5.74, 6) is 0. The number of rotatable bonds is 1. The van der Waals surface area contributed by atoms with Crippen molar-refractivity contribution in [2.45, 2.75) is 39.5 Å². The van der Waals surface area contributed by atoms with Crippen molar-refractivity contribution in [1.29, 1.82) is 0 Å². The summed E-state index contributed by atoms with van der Waals surface area (Å²) in [5, 5.41) is 5.07. The number of pyridine rings is 1. The van der Waals surface area contributed by atoms with E-state index < -0.39 is 5.60 Å². The molecule has 0 saturated carbocycles. The summed E-state index contributed by atoms with van der Waals surface area (Å²) >= 11 is 6.48. The minimum Gasteiger partial charge on any atom is -0.444 e. The molecular weight excluding hydrogens is 316 g/mol. The molecule has 0 fully saturated rings. The predicted molar refractivity (Wildman–Crippen MR) is 87.1 cm³/mol. The first-order valence-corrected chi connectivity index (χ1v) is 7.87. The van der Waals surface area contributed by atoms with Crippen LogP contribution in [-0.4, -0.2) is 37.9 Å². The summed E-state index contributed by atoms with van der Waals surface area (Å²) in [4.78, 5) is 18.2. The van der Waals surface area contributed by atoms with Crippen molar-refractivity contribution in [1.82, 2.24) is 19.7 Å². The lowest BCUT2D eigenvalue weighted by molar-refractivity contribution is 0.0194. The van der Waals surface area contributed by atoms with Crippen molar-refractivity contribution < 1.29 is 9.53 Å². The molecule has 3 rings (SSSR count). The minimum absolute atomic E-state index is 0.333. The van der Waals surface area contributed by atoms with Gasteiger partial charge in [0.25, 0.3) is 0 Å². The van der Waals surface area contributed by atoms with Crippen molar-refractivity contribution in [3.63, 3.8) is 0 Å². The molecule has 23 heavy (non-hydrogen) atoms. The normalized spacial score (nSPS) is 14.5. The number of amides is 1. The molecule has 0 aliphatic carbocycles.